The minimum absolute atomic E-state index is 0.0341. The second-order valence-corrected chi connectivity index (χ2v) is 4.83. The van der Waals surface area contributed by atoms with E-state index < -0.39 is 0 Å². The summed E-state index contributed by atoms with van der Waals surface area (Å²) in [4.78, 5) is 11.9. The van der Waals surface area contributed by atoms with Gasteiger partial charge in [0.1, 0.15) is 0 Å². The van der Waals surface area contributed by atoms with Crippen molar-refractivity contribution in [2.24, 2.45) is 5.92 Å². The molecule has 90 valence electrons. The van der Waals surface area contributed by atoms with Gasteiger partial charge in [-0.25, -0.2) is 10.4 Å². The largest absolute Gasteiger partial charge is 0.392 e. The molecule has 1 atom stereocenters. The van der Waals surface area contributed by atoms with Crippen LogP contribution in [-0.4, -0.2) is 17.1 Å². The zero-order chi connectivity index (χ0) is 11.8. The van der Waals surface area contributed by atoms with Crippen molar-refractivity contribution in [2.45, 2.75) is 31.9 Å². The van der Waals surface area contributed by atoms with Gasteiger partial charge in [0.15, 0.2) is 0 Å². The number of amides is 1. The maximum Gasteiger partial charge on any atom is 0.243 e. The molecule has 0 bridgehead atoms. The highest BCUT2D eigenvalue weighted by Gasteiger charge is 2.39. The van der Waals surface area contributed by atoms with E-state index in [1.165, 1.54) is 12.8 Å². The first-order valence-electron chi connectivity index (χ1n) is 6.07. The second kappa shape index (κ2) is 4.13. The molecule has 0 aromatic heterocycles. The fourth-order valence-corrected chi connectivity index (χ4v) is 2.30. The van der Waals surface area contributed by atoms with Gasteiger partial charge < -0.3 is 5.11 Å². The number of anilines is 1. The lowest BCUT2D eigenvalue weighted by Gasteiger charge is -2.18. The van der Waals surface area contributed by atoms with Gasteiger partial charge in [-0.15, -0.1) is 0 Å². The fraction of sp³-hybridized carbons (Fsp3) is 0.462. The van der Waals surface area contributed by atoms with Crippen LogP contribution in [0.5, 0.6) is 0 Å². The summed E-state index contributed by atoms with van der Waals surface area (Å²) in [7, 11) is 0. The smallest absolute Gasteiger partial charge is 0.243 e. The Labute approximate surface area is 100 Å². The molecular weight excluding hydrogens is 216 g/mol. The molecule has 1 heterocycles. The van der Waals surface area contributed by atoms with Crippen LogP contribution in [0.2, 0.25) is 0 Å². The first-order chi connectivity index (χ1) is 8.28. The minimum Gasteiger partial charge on any atom is -0.392 e. The number of hydrazine groups is 1. The molecule has 4 heteroatoms. The van der Waals surface area contributed by atoms with Crippen LogP contribution >= 0.6 is 0 Å². The van der Waals surface area contributed by atoms with Crippen LogP contribution in [0.25, 0.3) is 0 Å². The average Bonchev–Trinajstić information content (AvgIpc) is 3.13. The van der Waals surface area contributed by atoms with Crippen LogP contribution in [-0.2, 0) is 11.4 Å². The Bertz CT molecular complexity index is 426. The average molecular weight is 232 g/mol. The second-order valence-electron chi connectivity index (χ2n) is 4.83. The Balaban J connectivity index is 1.76. The van der Waals surface area contributed by atoms with E-state index >= 15 is 0 Å². The summed E-state index contributed by atoms with van der Waals surface area (Å²) < 4.78 is 0. The number of carbonyl (C=O) groups excluding carboxylic acids is 1. The molecule has 0 radical (unpaired) electrons. The summed E-state index contributed by atoms with van der Waals surface area (Å²) in [6.45, 7) is 0.0341. The van der Waals surface area contributed by atoms with Gasteiger partial charge in [0.05, 0.1) is 12.3 Å². The number of carbonyl (C=O) groups is 1. The number of nitrogens with zero attached hydrogens (tertiary/aromatic N) is 1. The predicted molar refractivity (Wildman–Crippen MR) is 64.1 cm³/mol. The summed E-state index contributed by atoms with van der Waals surface area (Å²) in [6, 6.07) is 7.74. The van der Waals surface area contributed by atoms with Crippen molar-refractivity contribution >= 4 is 11.6 Å². The predicted octanol–water partition coefficient (Wildman–Crippen LogP) is 1.20. The van der Waals surface area contributed by atoms with Crippen molar-refractivity contribution in [3.63, 3.8) is 0 Å². The van der Waals surface area contributed by atoms with Crippen LogP contribution in [0.15, 0.2) is 24.3 Å². The van der Waals surface area contributed by atoms with E-state index in [-0.39, 0.29) is 12.5 Å². The third kappa shape index (κ3) is 2.06. The highest BCUT2D eigenvalue weighted by atomic mass is 16.3. The Morgan fingerprint density at radius 1 is 1.29 bits per heavy atom. The fourth-order valence-electron chi connectivity index (χ4n) is 2.30. The summed E-state index contributed by atoms with van der Waals surface area (Å²) in [5.41, 5.74) is 4.99. The lowest BCUT2D eigenvalue weighted by Crippen LogP contribution is -2.38. The molecule has 1 saturated heterocycles. The zero-order valence-corrected chi connectivity index (χ0v) is 9.60. The van der Waals surface area contributed by atoms with Crippen LogP contribution < -0.4 is 10.4 Å². The highest BCUT2D eigenvalue weighted by molar-refractivity contribution is 5.95. The van der Waals surface area contributed by atoms with Gasteiger partial charge in [-0.05, 0) is 36.5 Å². The molecule has 3 rings (SSSR count). The molecule has 1 aliphatic heterocycles. The number of aliphatic hydroxyl groups is 1. The van der Waals surface area contributed by atoms with E-state index in [0.717, 1.165) is 11.3 Å². The number of hydrogen-bond acceptors (Lipinski definition) is 3. The summed E-state index contributed by atoms with van der Waals surface area (Å²) >= 11 is 0. The van der Waals surface area contributed by atoms with Crippen molar-refractivity contribution in [3.8, 4) is 0 Å². The third-order valence-electron chi connectivity index (χ3n) is 3.51. The zero-order valence-electron chi connectivity index (χ0n) is 9.60. The highest BCUT2D eigenvalue weighted by Crippen LogP contribution is 2.37. The standard InChI is InChI=1S/C13H16N2O2/c16-8-9-1-5-11(6-2-9)15-13(17)7-12(14-15)10-3-4-10/h1-2,5-6,10,12,14,16H,3-4,7-8H2. The normalized spacial score (nSPS) is 24.4. The number of aliphatic hydroxyl groups excluding tert-OH is 1. The maximum absolute atomic E-state index is 11.9. The number of benzene rings is 1. The SMILES string of the molecule is O=C1CC(C2CC2)NN1c1ccc(CO)cc1. The molecule has 1 aromatic carbocycles. The van der Waals surface area contributed by atoms with Crippen molar-refractivity contribution in [2.75, 3.05) is 5.01 Å². The van der Waals surface area contributed by atoms with E-state index in [1.807, 2.05) is 24.3 Å². The third-order valence-corrected chi connectivity index (χ3v) is 3.51. The summed E-state index contributed by atoms with van der Waals surface area (Å²) in [5.74, 6) is 0.819. The quantitative estimate of drug-likeness (QED) is 0.823. The molecule has 2 N–H and O–H groups in total. The maximum atomic E-state index is 11.9. The molecule has 1 unspecified atom stereocenters. The van der Waals surface area contributed by atoms with E-state index in [2.05, 4.69) is 5.43 Å². The molecule has 2 fully saturated rings. The summed E-state index contributed by atoms with van der Waals surface area (Å²) in [5, 5.41) is 10.6. The van der Waals surface area contributed by atoms with Crippen LogP contribution in [0.1, 0.15) is 24.8 Å². The lowest BCUT2D eigenvalue weighted by molar-refractivity contribution is -0.117. The van der Waals surface area contributed by atoms with Gasteiger partial charge in [-0.2, -0.15) is 0 Å². The van der Waals surface area contributed by atoms with E-state index in [0.29, 0.717) is 18.4 Å². The van der Waals surface area contributed by atoms with Crippen molar-refractivity contribution in [3.05, 3.63) is 29.8 Å². The number of rotatable bonds is 3. The Morgan fingerprint density at radius 3 is 2.59 bits per heavy atom. The van der Waals surface area contributed by atoms with Crippen LogP contribution in [0, 0.1) is 5.92 Å². The van der Waals surface area contributed by atoms with Gasteiger partial charge in [-0.3, -0.25) is 4.79 Å². The van der Waals surface area contributed by atoms with Gasteiger partial charge in [0.2, 0.25) is 5.91 Å². The minimum atomic E-state index is 0.0341. The number of nitrogens with one attached hydrogen (secondary N) is 1. The van der Waals surface area contributed by atoms with Crippen molar-refractivity contribution in [1.82, 2.24) is 5.43 Å². The summed E-state index contributed by atoms with van der Waals surface area (Å²) in [6.07, 6.45) is 3.08. The molecule has 2 aliphatic rings. The molecule has 0 spiro atoms. The number of hydrogen-bond donors (Lipinski definition) is 2. The van der Waals surface area contributed by atoms with Gasteiger partial charge >= 0.3 is 0 Å². The van der Waals surface area contributed by atoms with Gasteiger partial charge in [-0.1, -0.05) is 12.1 Å². The molecule has 1 saturated carbocycles. The van der Waals surface area contributed by atoms with E-state index in [9.17, 15) is 4.79 Å². The Morgan fingerprint density at radius 2 is 2.00 bits per heavy atom. The molecule has 1 amide bonds. The lowest BCUT2D eigenvalue weighted by atomic mass is 10.1. The van der Waals surface area contributed by atoms with Crippen molar-refractivity contribution < 1.29 is 9.90 Å². The van der Waals surface area contributed by atoms with Crippen molar-refractivity contribution in [1.29, 1.82) is 0 Å². The van der Waals surface area contributed by atoms with Gasteiger partial charge in [0.25, 0.3) is 0 Å². The molecule has 1 aliphatic carbocycles. The topological polar surface area (TPSA) is 52.6 Å². The first-order valence-corrected chi connectivity index (χ1v) is 6.07. The van der Waals surface area contributed by atoms with Gasteiger partial charge in [0, 0.05) is 12.5 Å². The molecule has 17 heavy (non-hydrogen) atoms. The molecule has 4 nitrogen and oxygen atoms in total. The van der Waals surface area contributed by atoms with Crippen LogP contribution in [0.3, 0.4) is 0 Å². The molecule has 1 aromatic rings. The monoisotopic (exact) mass is 232 g/mol. The first kappa shape index (κ1) is 10.7. The van der Waals surface area contributed by atoms with E-state index in [4.69, 9.17) is 5.11 Å². The Hall–Kier alpha value is -1.39. The molecular formula is C13H16N2O2. The van der Waals surface area contributed by atoms with E-state index in [1.54, 1.807) is 5.01 Å². The van der Waals surface area contributed by atoms with Crippen LogP contribution in [0.4, 0.5) is 5.69 Å². The Kier molecular flexibility index (Phi) is 2.61.